The number of amides is 1. The highest BCUT2D eigenvalue weighted by atomic mass is 32.2. The van der Waals surface area contributed by atoms with Gasteiger partial charge in [-0.2, -0.15) is 0 Å². The van der Waals surface area contributed by atoms with Gasteiger partial charge in [0.2, 0.25) is 15.9 Å². The molecule has 0 unspecified atom stereocenters. The lowest BCUT2D eigenvalue weighted by molar-refractivity contribution is -0.128. The number of carbonyl (C=O) groups is 1. The average molecular weight is 290 g/mol. The first-order chi connectivity index (χ1) is 8.73. The van der Waals surface area contributed by atoms with E-state index in [1.807, 2.05) is 20.8 Å². The molecule has 0 atom stereocenters. The van der Waals surface area contributed by atoms with Crippen molar-refractivity contribution in [1.29, 1.82) is 0 Å². The van der Waals surface area contributed by atoms with Gasteiger partial charge in [-0.15, -0.1) is 0 Å². The molecule has 1 amide bonds. The highest BCUT2D eigenvalue weighted by molar-refractivity contribution is 7.89. The first-order valence-corrected chi connectivity index (χ1v) is 8.60. The third kappa shape index (κ3) is 5.48. The predicted molar refractivity (Wildman–Crippen MR) is 76.3 cm³/mol. The minimum Gasteiger partial charge on any atom is -0.355 e. The van der Waals surface area contributed by atoms with Gasteiger partial charge in [0.1, 0.15) is 0 Å². The Morgan fingerprint density at radius 2 is 1.63 bits per heavy atom. The Kier molecular flexibility index (Phi) is 5.80. The van der Waals surface area contributed by atoms with Gasteiger partial charge in [0.05, 0.1) is 5.75 Å². The van der Waals surface area contributed by atoms with Crippen molar-refractivity contribution in [3.05, 3.63) is 0 Å². The van der Waals surface area contributed by atoms with E-state index < -0.39 is 15.4 Å². The second-order valence-corrected chi connectivity index (χ2v) is 8.22. The third-order valence-electron chi connectivity index (χ3n) is 3.29. The summed E-state index contributed by atoms with van der Waals surface area (Å²) in [5.74, 6) is -0.118. The summed E-state index contributed by atoms with van der Waals surface area (Å²) >= 11 is 0. The summed E-state index contributed by atoms with van der Waals surface area (Å²) in [5.41, 5.74) is -0.480. The van der Waals surface area contributed by atoms with Crippen LogP contribution in [0.3, 0.4) is 0 Å². The zero-order valence-corrected chi connectivity index (χ0v) is 13.1. The van der Waals surface area contributed by atoms with Gasteiger partial charge >= 0.3 is 0 Å². The second-order valence-electron chi connectivity index (χ2n) is 6.14. The van der Waals surface area contributed by atoms with E-state index in [0.717, 1.165) is 25.7 Å². The summed E-state index contributed by atoms with van der Waals surface area (Å²) in [7, 11) is -3.23. The first-order valence-electron chi connectivity index (χ1n) is 6.99. The molecule has 1 aliphatic rings. The number of nitrogens with one attached hydrogen (secondary N) is 1. The maximum absolute atomic E-state index is 12.1. The molecule has 0 aromatic rings. The van der Waals surface area contributed by atoms with Crippen LogP contribution in [-0.4, -0.2) is 44.0 Å². The number of rotatable bonds is 4. The Morgan fingerprint density at radius 3 is 2.11 bits per heavy atom. The van der Waals surface area contributed by atoms with Crippen molar-refractivity contribution in [3.63, 3.8) is 0 Å². The second kappa shape index (κ2) is 6.70. The molecule has 1 saturated heterocycles. The Hall–Kier alpha value is -0.620. The Bertz CT molecular complexity index is 391. The monoisotopic (exact) mass is 290 g/mol. The van der Waals surface area contributed by atoms with E-state index in [-0.39, 0.29) is 18.2 Å². The molecule has 1 N–H and O–H groups in total. The van der Waals surface area contributed by atoms with Gasteiger partial charge in [-0.3, -0.25) is 4.79 Å². The van der Waals surface area contributed by atoms with Crippen LogP contribution in [0.1, 0.15) is 46.5 Å². The van der Waals surface area contributed by atoms with Crippen molar-refractivity contribution in [2.75, 3.05) is 25.4 Å². The Balaban J connectivity index is 2.44. The zero-order valence-electron chi connectivity index (χ0n) is 12.2. The molecule has 0 bridgehead atoms. The summed E-state index contributed by atoms with van der Waals surface area (Å²) in [5, 5.41) is 2.69. The van der Waals surface area contributed by atoms with E-state index in [4.69, 9.17) is 0 Å². The van der Waals surface area contributed by atoms with Gasteiger partial charge in [-0.05, 0) is 12.8 Å². The molecule has 0 aromatic carbocycles. The van der Waals surface area contributed by atoms with E-state index in [0.29, 0.717) is 13.1 Å². The van der Waals surface area contributed by atoms with E-state index in [1.54, 1.807) is 4.31 Å². The molecule has 1 heterocycles. The summed E-state index contributed by atoms with van der Waals surface area (Å²) in [6.45, 7) is 6.86. The molecule has 0 aliphatic carbocycles. The first kappa shape index (κ1) is 16.4. The van der Waals surface area contributed by atoms with Gasteiger partial charge < -0.3 is 5.32 Å². The molecule has 6 heteroatoms. The van der Waals surface area contributed by atoms with Crippen LogP contribution in [0.5, 0.6) is 0 Å². The topological polar surface area (TPSA) is 66.5 Å². The van der Waals surface area contributed by atoms with E-state index >= 15 is 0 Å². The van der Waals surface area contributed by atoms with Crippen LogP contribution in [0, 0.1) is 5.41 Å². The fourth-order valence-corrected chi connectivity index (χ4v) is 3.44. The minimum atomic E-state index is -3.23. The number of hydrogen-bond donors (Lipinski definition) is 1. The summed E-state index contributed by atoms with van der Waals surface area (Å²) < 4.78 is 25.9. The fraction of sp³-hybridized carbons (Fsp3) is 0.923. The van der Waals surface area contributed by atoms with Crippen LogP contribution in [0.2, 0.25) is 0 Å². The fourth-order valence-electron chi connectivity index (χ4n) is 2.01. The lowest BCUT2D eigenvalue weighted by Crippen LogP contribution is -2.41. The van der Waals surface area contributed by atoms with Crippen molar-refractivity contribution in [3.8, 4) is 0 Å². The minimum absolute atomic E-state index is 0.00514. The lowest BCUT2D eigenvalue weighted by Gasteiger charge is -2.21. The Labute approximate surface area is 116 Å². The lowest BCUT2D eigenvalue weighted by atomic mass is 9.96. The number of hydrogen-bond acceptors (Lipinski definition) is 3. The average Bonchev–Trinajstić information content (AvgIpc) is 2.56. The SMILES string of the molecule is CC(C)(C)C(=O)NCCS(=O)(=O)N1CCCCCC1. The van der Waals surface area contributed by atoms with Crippen LogP contribution >= 0.6 is 0 Å². The normalized spacial score (nSPS) is 18.9. The zero-order chi connectivity index (χ0) is 14.5. The number of nitrogens with zero attached hydrogens (tertiary/aromatic N) is 1. The molecular weight excluding hydrogens is 264 g/mol. The largest absolute Gasteiger partial charge is 0.355 e. The van der Waals surface area contributed by atoms with Gasteiger partial charge in [0, 0.05) is 25.0 Å². The van der Waals surface area contributed by atoms with E-state index in [1.165, 1.54) is 0 Å². The van der Waals surface area contributed by atoms with Crippen molar-refractivity contribution in [2.45, 2.75) is 46.5 Å². The third-order valence-corrected chi connectivity index (χ3v) is 5.16. The van der Waals surface area contributed by atoms with E-state index in [2.05, 4.69) is 5.32 Å². The maximum Gasteiger partial charge on any atom is 0.225 e. The van der Waals surface area contributed by atoms with Crippen LogP contribution in [0.15, 0.2) is 0 Å². The number of carbonyl (C=O) groups excluding carboxylic acids is 1. The highest BCUT2D eigenvalue weighted by Gasteiger charge is 2.24. The summed E-state index contributed by atoms with van der Waals surface area (Å²) in [6, 6.07) is 0. The summed E-state index contributed by atoms with van der Waals surface area (Å²) in [4.78, 5) is 11.7. The molecule has 0 saturated carbocycles. The smallest absolute Gasteiger partial charge is 0.225 e. The molecule has 0 spiro atoms. The molecule has 1 fully saturated rings. The van der Waals surface area contributed by atoms with E-state index in [9.17, 15) is 13.2 Å². The maximum atomic E-state index is 12.1. The molecular formula is C13H26N2O3S. The molecule has 5 nitrogen and oxygen atoms in total. The van der Waals surface area contributed by atoms with Gasteiger partial charge in [-0.1, -0.05) is 33.6 Å². The molecule has 0 aromatic heterocycles. The standard InChI is InChI=1S/C13H26N2O3S/c1-13(2,3)12(16)14-8-11-19(17,18)15-9-6-4-5-7-10-15/h4-11H2,1-3H3,(H,14,16). The van der Waals surface area contributed by atoms with Crippen LogP contribution in [-0.2, 0) is 14.8 Å². The van der Waals surface area contributed by atoms with Gasteiger partial charge in [0.25, 0.3) is 0 Å². The predicted octanol–water partition coefficient (Wildman–Crippen LogP) is 1.35. The Morgan fingerprint density at radius 1 is 1.11 bits per heavy atom. The molecule has 0 radical (unpaired) electrons. The van der Waals surface area contributed by atoms with Crippen LogP contribution in [0.25, 0.3) is 0 Å². The van der Waals surface area contributed by atoms with Crippen molar-refractivity contribution in [2.24, 2.45) is 5.41 Å². The highest BCUT2D eigenvalue weighted by Crippen LogP contribution is 2.14. The van der Waals surface area contributed by atoms with Crippen molar-refractivity contribution < 1.29 is 13.2 Å². The van der Waals surface area contributed by atoms with Crippen molar-refractivity contribution >= 4 is 15.9 Å². The summed E-state index contributed by atoms with van der Waals surface area (Å²) in [6.07, 6.45) is 4.08. The van der Waals surface area contributed by atoms with Gasteiger partial charge in [0.15, 0.2) is 0 Å². The number of sulfonamides is 1. The van der Waals surface area contributed by atoms with Crippen LogP contribution in [0.4, 0.5) is 0 Å². The molecule has 1 aliphatic heterocycles. The molecule has 112 valence electrons. The molecule has 19 heavy (non-hydrogen) atoms. The quantitative estimate of drug-likeness (QED) is 0.850. The van der Waals surface area contributed by atoms with Crippen LogP contribution < -0.4 is 5.32 Å². The molecule has 1 rings (SSSR count). The van der Waals surface area contributed by atoms with Gasteiger partial charge in [-0.25, -0.2) is 12.7 Å². The van der Waals surface area contributed by atoms with Crippen molar-refractivity contribution in [1.82, 2.24) is 9.62 Å².